The smallest absolute Gasteiger partial charge is 0.303 e. The number of rotatable bonds is 2. The Morgan fingerprint density at radius 1 is 1.06 bits per heavy atom. The van der Waals surface area contributed by atoms with E-state index in [-0.39, 0.29) is 35.9 Å². The molecule has 0 unspecified atom stereocenters. The van der Waals surface area contributed by atoms with Gasteiger partial charge in [-0.3, -0.25) is 4.79 Å². The zero-order valence-electron chi connectivity index (χ0n) is 10.5. The van der Waals surface area contributed by atoms with Crippen molar-refractivity contribution in [2.24, 2.45) is 17.8 Å². The fraction of sp³-hybridized carbons (Fsp3) is 0.917. The van der Waals surface area contributed by atoms with E-state index < -0.39 is 5.97 Å². The van der Waals surface area contributed by atoms with Gasteiger partial charge in [0, 0.05) is 32.1 Å². The van der Waals surface area contributed by atoms with Crippen molar-refractivity contribution in [1.82, 2.24) is 0 Å². The zero-order chi connectivity index (χ0) is 11.6. The van der Waals surface area contributed by atoms with Gasteiger partial charge in [-0.2, -0.15) is 0 Å². The Labute approximate surface area is 120 Å². The van der Waals surface area contributed by atoms with Crippen LogP contribution in [0.1, 0.15) is 38.5 Å². The third-order valence-electron chi connectivity index (χ3n) is 5.15. The summed E-state index contributed by atoms with van der Waals surface area (Å²) in [6.45, 7) is 0. The Bertz CT molecular complexity index is 315. The average Bonchev–Trinajstić information content (AvgIpc) is 2.06. The lowest BCUT2D eigenvalue weighted by molar-refractivity contribution is -0.572. The summed E-state index contributed by atoms with van der Waals surface area (Å²) in [5.41, 5.74) is 9.25. The van der Waals surface area contributed by atoms with Gasteiger partial charge < -0.3 is 41.4 Å². The quantitative estimate of drug-likeness (QED) is 0.473. The minimum Gasteiger partial charge on any atom is -1.00 e. The fourth-order valence-electron chi connectivity index (χ4n) is 5.15. The van der Waals surface area contributed by atoms with Gasteiger partial charge >= 0.3 is 5.97 Å². The highest BCUT2D eigenvalue weighted by Gasteiger charge is 2.62. The molecule has 4 nitrogen and oxygen atoms in total. The largest absolute Gasteiger partial charge is 1.00 e. The van der Waals surface area contributed by atoms with E-state index in [0.717, 1.165) is 32.1 Å². The summed E-state index contributed by atoms with van der Waals surface area (Å²) in [5.74, 6) is 0.927. The van der Waals surface area contributed by atoms with Crippen LogP contribution < -0.4 is 36.3 Å². The van der Waals surface area contributed by atoms with Gasteiger partial charge in [-0.15, -0.1) is 0 Å². The van der Waals surface area contributed by atoms with Gasteiger partial charge in [0.15, 0.2) is 0 Å². The van der Waals surface area contributed by atoms with Gasteiger partial charge in [0.1, 0.15) is 11.1 Å². The molecule has 4 rings (SSSR count). The summed E-state index contributed by atoms with van der Waals surface area (Å²) in [4.78, 5) is 10.9. The number of carbonyl (C=O) groups is 1. The van der Waals surface area contributed by atoms with Crippen LogP contribution in [0.25, 0.3) is 0 Å². The highest BCUT2D eigenvalue weighted by molar-refractivity contribution is 5.67. The monoisotopic (exact) mass is 296 g/mol. The minimum atomic E-state index is -0.631. The first-order chi connectivity index (χ1) is 7.39. The SMILES string of the molecule is [Cl-].[Cl-].[NH3+]C12CC3CC([NH3+])(CC(C1)C3CC(=O)O)C2. The molecule has 6 heteroatoms. The van der Waals surface area contributed by atoms with Crippen LogP contribution in [0.2, 0.25) is 0 Å². The van der Waals surface area contributed by atoms with Gasteiger partial charge in [-0.05, 0) is 17.8 Å². The number of aliphatic carboxylic acids is 1. The lowest BCUT2D eigenvalue weighted by Gasteiger charge is -2.58. The number of carboxylic acid groups (broad SMARTS) is 1. The number of hydrogen-bond acceptors (Lipinski definition) is 1. The Kier molecular flexibility index (Phi) is 4.29. The van der Waals surface area contributed by atoms with Crippen molar-refractivity contribution >= 4 is 5.97 Å². The van der Waals surface area contributed by atoms with Crippen LogP contribution in [-0.2, 0) is 4.79 Å². The second kappa shape index (κ2) is 4.82. The first-order valence-electron chi connectivity index (χ1n) is 6.32. The van der Waals surface area contributed by atoms with Crippen molar-refractivity contribution in [2.45, 2.75) is 49.6 Å². The number of carboxylic acids is 1. The molecule has 0 spiro atoms. The maximum absolute atomic E-state index is 10.9. The molecule has 4 aliphatic carbocycles. The summed E-state index contributed by atoms with van der Waals surface area (Å²) in [6.07, 6.45) is 6.07. The van der Waals surface area contributed by atoms with Gasteiger partial charge in [-0.1, -0.05) is 0 Å². The molecule has 106 valence electrons. The lowest BCUT2D eigenvalue weighted by atomic mass is 9.46. The maximum Gasteiger partial charge on any atom is 0.303 e. The molecule has 0 aromatic carbocycles. The summed E-state index contributed by atoms with van der Waals surface area (Å²) in [6, 6.07) is 0. The highest BCUT2D eigenvalue weighted by Crippen LogP contribution is 2.57. The molecule has 0 saturated heterocycles. The van der Waals surface area contributed by atoms with E-state index in [1.54, 1.807) is 0 Å². The van der Waals surface area contributed by atoms with Crippen LogP contribution >= 0.6 is 0 Å². The predicted molar refractivity (Wildman–Crippen MR) is 57.0 cm³/mol. The van der Waals surface area contributed by atoms with E-state index in [1.807, 2.05) is 0 Å². The van der Waals surface area contributed by atoms with E-state index >= 15 is 0 Å². The van der Waals surface area contributed by atoms with Crippen LogP contribution in [-0.4, -0.2) is 22.2 Å². The summed E-state index contributed by atoms with van der Waals surface area (Å²) in [7, 11) is 0. The maximum atomic E-state index is 10.9. The van der Waals surface area contributed by atoms with Crippen LogP contribution in [0.15, 0.2) is 0 Å². The Morgan fingerprint density at radius 2 is 1.44 bits per heavy atom. The van der Waals surface area contributed by atoms with Crippen LogP contribution in [0.5, 0.6) is 0 Å². The molecule has 4 fully saturated rings. The van der Waals surface area contributed by atoms with E-state index in [2.05, 4.69) is 11.5 Å². The van der Waals surface area contributed by atoms with Gasteiger partial charge in [0.05, 0.1) is 6.42 Å². The summed E-state index contributed by atoms with van der Waals surface area (Å²) in [5, 5.41) is 9.00. The lowest BCUT2D eigenvalue weighted by Crippen LogP contribution is -3.00. The number of hydrogen-bond donors (Lipinski definition) is 3. The molecule has 18 heavy (non-hydrogen) atoms. The molecule has 4 aliphatic rings. The molecule has 0 aromatic heterocycles. The van der Waals surface area contributed by atoms with Gasteiger partial charge in [0.2, 0.25) is 0 Å². The molecule has 0 aromatic rings. The molecule has 4 saturated carbocycles. The first kappa shape index (κ1) is 16.0. The second-order valence-corrected chi connectivity index (χ2v) is 6.78. The predicted octanol–water partition coefficient (Wildman–Crippen LogP) is -6.73. The van der Waals surface area contributed by atoms with Gasteiger partial charge in [0.25, 0.3) is 0 Å². The molecule has 0 heterocycles. The van der Waals surface area contributed by atoms with E-state index in [1.165, 1.54) is 0 Å². The normalized spacial score (nSPS) is 48.2. The van der Waals surface area contributed by atoms with E-state index in [4.69, 9.17) is 5.11 Å². The van der Waals surface area contributed by atoms with Crippen LogP contribution in [0.3, 0.4) is 0 Å². The standard InChI is InChI=1S/C12H20N2O2.2ClH/c13-11-2-7-3-12(14,6-11)5-8(4-11)9(7)1-10(15)16;;/h7-9H,1-6,13-14H2,(H,15,16);2*1H. The van der Waals surface area contributed by atoms with Crippen LogP contribution in [0, 0.1) is 17.8 Å². The second-order valence-electron chi connectivity index (χ2n) is 6.78. The number of quaternary nitrogens is 2. The molecule has 0 aliphatic heterocycles. The van der Waals surface area contributed by atoms with Crippen molar-refractivity contribution in [3.8, 4) is 0 Å². The molecule has 0 atom stereocenters. The molecular weight excluding hydrogens is 275 g/mol. The topological polar surface area (TPSA) is 92.6 Å². The van der Waals surface area contributed by atoms with Crippen LogP contribution in [0.4, 0.5) is 0 Å². The van der Waals surface area contributed by atoms with Crippen molar-refractivity contribution in [1.29, 1.82) is 0 Å². The summed E-state index contributed by atoms with van der Waals surface area (Å²) >= 11 is 0. The average molecular weight is 297 g/mol. The van der Waals surface area contributed by atoms with Crippen molar-refractivity contribution in [2.75, 3.05) is 0 Å². The van der Waals surface area contributed by atoms with E-state index in [0.29, 0.717) is 24.2 Å². The highest BCUT2D eigenvalue weighted by atomic mass is 35.5. The Morgan fingerprint density at radius 3 is 1.78 bits per heavy atom. The van der Waals surface area contributed by atoms with Crippen molar-refractivity contribution in [3.63, 3.8) is 0 Å². The van der Waals surface area contributed by atoms with Gasteiger partial charge in [-0.25, -0.2) is 0 Å². The molecule has 0 amide bonds. The summed E-state index contributed by atoms with van der Waals surface area (Å²) < 4.78 is 0. The van der Waals surface area contributed by atoms with Crippen molar-refractivity contribution in [3.05, 3.63) is 0 Å². The van der Waals surface area contributed by atoms with Crippen molar-refractivity contribution < 1.29 is 46.2 Å². The first-order valence-corrected chi connectivity index (χ1v) is 6.32. The zero-order valence-corrected chi connectivity index (χ0v) is 12.0. The molecule has 7 N–H and O–H groups in total. The third-order valence-corrected chi connectivity index (χ3v) is 5.15. The third kappa shape index (κ3) is 2.48. The molecule has 0 radical (unpaired) electrons. The Hall–Kier alpha value is -0.0300. The Balaban J connectivity index is 0.000000810. The molecule has 4 bridgehead atoms. The minimum absolute atomic E-state index is 0. The fourth-order valence-corrected chi connectivity index (χ4v) is 5.15. The number of halogens is 2. The molecular formula is C12H22Cl2N2O2. The van der Waals surface area contributed by atoms with E-state index in [9.17, 15) is 4.79 Å².